The molecule has 7 rings (SSSR count). The molecule has 188 valence electrons. The lowest BCUT2D eigenvalue weighted by Gasteiger charge is -2.15. The molecule has 0 aliphatic heterocycles. The van der Waals surface area contributed by atoms with E-state index in [0.717, 1.165) is 55.7 Å². The topological polar surface area (TPSA) is 34.8 Å². The molecule has 0 N–H and O–H groups in total. The molecule has 0 amide bonds. The zero-order valence-corrected chi connectivity index (χ0v) is 21.6. The minimum atomic E-state index is -0.557. The van der Waals surface area contributed by atoms with Gasteiger partial charge >= 0.3 is 0 Å². The van der Waals surface area contributed by atoms with Gasteiger partial charge in [0.05, 0.1) is 7.05 Å². The van der Waals surface area contributed by atoms with E-state index in [0.29, 0.717) is 11.3 Å². The highest BCUT2D eigenvalue weighted by Crippen LogP contribution is 2.41. The predicted octanol–water partition coefficient (Wildman–Crippen LogP) is 8.04. The molecule has 0 fully saturated rings. The number of rotatable bonds is 4. The number of furan rings is 1. The van der Waals surface area contributed by atoms with Crippen molar-refractivity contribution in [2.45, 2.75) is 6.92 Å². The highest BCUT2D eigenvalue weighted by atomic mass is 19.1. The number of imidazole rings is 1. The molecule has 7 aromatic rings. The summed E-state index contributed by atoms with van der Waals surface area (Å²) in [5.41, 5.74) is 8.56. The van der Waals surface area contributed by atoms with Gasteiger partial charge in [-0.25, -0.2) is 4.57 Å². The first kappa shape index (κ1) is 23.1. The van der Waals surface area contributed by atoms with Crippen LogP contribution in [-0.2, 0) is 7.05 Å². The van der Waals surface area contributed by atoms with Gasteiger partial charge in [0.25, 0.3) is 5.82 Å². The van der Waals surface area contributed by atoms with Crippen molar-refractivity contribution in [1.29, 1.82) is 0 Å². The largest absolute Gasteiger partial charge is 0.437 e. The van der Waals surface area contributed by atoms with Crippen molar-refractivity contribution in [3.8, 4) is 39.3 Å². The second-order valence-electron chi connectivity index (χ2n) is 9.76. The van der Waals surface area contributed by atoms with Crippen molar-refractivity contribution < 1.29 is 13.4 Å². The number of hydrogen-bond donors (Lipinski definition) is 0. The molecule has 3 aromatic heterocycles. The highest BCUT2D eigenvalue weighted by Gasteiger charge is 2.29. The zero-order valence-electron chi connectivity index (χ0n) is 21.6. The van der Waals surface area contributed by atoms with Gasteiger partial charge in [0.15, 0.2) is 5.58 Å². The lowest BCUT2D eigenvalue weighted by atomic mass is 9.95. The number of benzene rings is 4. The summed E-state index contributed by atoms with van der Waals surface area (Å²) in [4.78, 5) is 4.03. The van der Waals surface area contributed by atoms with Crippen LogP contribution >= 0.6 is 0 Å². The standard InChI is InChI=1S/C34H25FN3O/c1-22-16-17-27-28-18-19-29(35)36-33(28)39-32(27)30(22)34-37(2)20-21-38(34)31-25(23-10-5-3-6-11-23)14-9-15-26(31)24-12-7-4-8-13-24/h3-21H,1-2H3/q+1. The maximum absolute atomic E-state index is 14.0. The SMILES string of the molecule is Cc1ccc2c(oc3nc(F)ccc32)c1-c1n(-c2c(-c3ccccc3)cccc2-c2ccccc2)cc[n+]1C. The summed E-state index contributed by atoms with van der Waals surface area (Å²) in [6.07, 6.45) is 4.16. The Morgan fingerprint density at radius 2 is 1.38 bits per heavy atom. The van der Waals surface area contributed by atoms with Crippen LogP contribution < -0.4 is 4.57 Å². The van der Waals surface area contributed by atoms with Crippen molar-refractivity contribution in [2.24, 2.45) is 7.05 Å². The van der Waals surface area contributed by atoms with E-state index in [4.69, 9.17) is 4.42 Å². The molecule has 4 aromatic carbocycles. The molecule has 3 heterocycles. The maximum atomic E-state index is 14.0. The van der Waals surface area contributed by atoms with Gasteiger partial charge < -0.3 is 4.42 Å². The summed E-state index contributed by atoms with van der Waals surface area (Å²) < 4.78 is 24.6. The van der Waals surface area contributed by atoms with E-state index in [1.165, 1.54) is 6.07 Å². The maximum Gasteiger partial charge on any atom is 0.298 e. The van der Waals surface area contributed by atoms with E-state index < -0.39 is 5.95 Å². The van der Waals surface area contributed by atoms with Crippen LogP contribution in [0.4, 0.5) is 4.39 Å². The van der Waals surface area contributed by atoms with Crippen LogP contribution in [0.1, 0.15) is 5.56 Å². The van der Waals surface area contributed by atoms with Gasteiger partial charge in [-0.05, 0) is 35.7 Å². The molecule has 0 saturated heterocycles. The fourth-order valence-electron chi connectivity index (χ4n) is 5.53. The van der Waals surface area contributed by atoms with E-state index in [1.54, 1.807) is 6.07 Å². The zero-order chi connectivity index (χ0) is 26.5. The minimum Gasteiger partial charge on any atom is -0.437 e. The first-order chi connectivity index (χ1) is 19.1. The molecule has 0 bridgehead atoms. The summed E-state index contributed by atoms with van der Waals surface area (Å²) in [5.74, 6) is 0.399. The van der Waals surface area contributed by atoms with Gasteiger partial charge in [0, 0.05) is 21.9 Å². The fraction of sp³-hybridized carbons (Fsp3) is 0.0588. The molecule has 0 spiro atoms. The lowest BCUT2D eigenvalue weighted by Crippen LogP contribution is -2.29. The molecule has 0 radical (unpaired) electrons. The van der Waals surface area contributed by atoms with E-state index in [2.05, 4.69) is 106 Å². The molecule has 39 heavy (non-hydrogen) atoms. The molecule has 0 aliphatic carbocycles. The summed E-state index contributed by atoms with van der Waals surface area (Å²) in [7, 11) is 2.04. The summed E-state index contributed by atoms with van der Waals surface area (Å²) in [6, 6.07) is 34.6. The molecule has 0 saturated carbocycles. The molecule has 5 heteroatoms. The third kappa shape index (κ3) is 3.74. The predicted molar refractivity (Wildman–Crippen MR) is 153 cm³/mol. The summed E-state index contributed by atoms with van der Waals surface area (Å²) in [6.45, 7) is 2.08. The van der Waals surface area contributed by atoms with E-state index in [9.17, 15) is 4.39 Å². The van der Waals surface area contributed by atoms with Gasteiger partial charge in [0.2, 0.25) is 11.7 Å². The van der Waals surface area contributed by atoms with Crippen LogP contribution in [0.5, 0.6) is 0 Å². The van der Waals surface area contributed by atoms with Crippen molar-refractivity contribution in [3.63, 3.8) is 0 Å². The number of pyridine rings is 1. The van der Waals surface area contributed by atoms with Gasteiger partial charge in [0.1, 0.15) is 23.6 Å². The van der Waals surface area contributed by atoms with Crippen LogP contribution in [0.25, 0.3) is 61.4 Å². The Bertz CT molecular complexity index is 1930. The Morgan fingerprint density at radius 1 is 0.744 bits per heavy atom. The van der Waals surface area contributed by atoms with Crippen molar-refractivity contribution in [1.82, 2.24) is 9.55 Å². The van der Waals surface area contributed by atoms with E-state index >= 15 is 0 Å². The van der Waals surface area contributed by atoms with Crippen LogP contribution in [-0.4, -0.2) is 9.55 Å². The first-order valence-corrected chi connectivity index (χ1v) is 12.9. The quantitative estimate of drug-likeness (QED) is 0.177. The van der Waals surface area contributed by atoms with E-state index in [1.807, 2.05) is 25.2 Å². The smallest absolute Gasteiger partial charge is 0.298 e. The number of fused-ring (bicyclic) bond motifs is 3. The van der Waals surface area contributed by atoms with E-state index in [-0.39, 0.29) is 0 Å². The van der Waals surface area contributed by atoms with Crippen LogP contribution in [0.15, 0.2) is 120 Å². The number of hydrogen-bond acceptors (Lipinski definition) is 2. The van der Waals surface area contributed by atoms with Crippen LogP contribution in [0.2, 0.25) is 0 Å². The molecule has 4 nitrogen and oxygen atoms in total. The highest BCUT2D eigenvalue weighted by molar-refractivity contribution is 6.08. The van der Waals surface area contributed by atoms with Gasteiger partial charge in [-0.15, -0.1) is 0 Å². The van der Waals surface area contributed by atoms with Gasteiger partial charge in [-0.1, -0.05) is 91.0 Å². The summed E-state index contributed by atoms with van der Waals surface area (Å²) >= 11 is 0. The Hall–Kier alpha value is -5.03. The Kier molecular flexibility index (Phi) is 5.37. The third-order valence-corrected chi connectivity index (χ3v) is 7.35. The van der Waals surface area contributed by atoms with Crippen molar-refractivity contribution in [2.75, 3.05) is 0 Å². The second kappa shape index (κ2) is 9.07. The van der Waals surface area contributed by atoms with Crippen LogP contribution in [0, 0.1) is 12.9 Å². The van der Waals surface area contributed by atoms with Crippen LogP contribution in [0.3, 0.4) is 0 Å². The second-order valence-corrected chi connectivity index (χ2v) is 9.76. The van der Waals surface area contributed by atoms with Gasteiger partial charge in [-0.3, -0.25) is 0 Å². The number of nitrogens with zero attached hydrogens (tertiary/aromatic N) is 3. The fourth-order valence-corrected chi connectivity index (χ4v) is 5.53. The van der Waals surface area contributed by atoms with Crippen molar-refractivity contribution in [3.05, 3.63) is 127 Å². The molecular formula is C34H25FN3O+. The Labute approximate surface area is 225 Å². The average Bonchev–Trinajstić information content (AvgIpc) is 3.53. The number of aryl methyl sites for hydroxylation is 2. The monoisotopic (exact) mass is 510 g/mol. The van der Waals surface area contributed by atoms with Gasteiger partial charge in [-0.2, -0.15) is 13.9 Å². The average molecular weight is 511 g/mol. The first-order valence-electron chi connectivity index (χ1n) is 12.9. The molecule has 0 unspecified atom stereocenters. The Balaban J connectivity index is 1.58. The Morgan fingerprint density at radius 3 is 2.05 bits per heavy atom. The minimum absolute atomic E-state index is 0.298. The summed E-state index contributed by atoms with van der Waals surface area (Å²) in [5, 5.41) is 1.70. The normalized spacial score (nSPS) is 11.5. The number of halogens is 1. The third-order valence-electron chi connectivity index (χ3n) is 7.35. The van der Waals surface area contributed by atoms with Crippen molar-refractivity contribution >= 4 is 22.1 Å². The number of aromatic nitrogens is 3. The lowest BCUT2D eigenvalue weighted by molar-refractivity contribution is -0.659. The molecule has 0 aliphatic rings. The molecular weight excluding hydrogens is 485 g/mol. The number of para-hydroxylation sites is 1. The molecule has 0 atom stereocenters.